The number of anilines is 1. The molecule has 0 unspecified atom stereocenters. The van der Waals surface area contributed by atoms with Crippen molar-refractivity contribution in [1.29, 1.82) is 0 Å². The lowest BCUT2D eigenvalue weighted by Gasteiger charge is -2.12. The summed E-state index contributed by atoms with van der Waals surface area (Å²) in [6.45, 7) is 1.82. The maximum Gasteiger partial charge on any atom is 0.259 e. The SMILES string of the molecule is Cc1cccc(NC(=O)Cn2c(=O)cc(-c3nc(-c4ccncc4)no3)c3ccccc32)c1. The quantitative estimate of drug-likeness (QED) is 0.445. The summed E-state index contributed by atoms with van der Waals surface area (Å²) < 4.78 is 6.91. The summed E-state index contributed by atoms with van der Waals surface area (Å²) in [5, 5.41) is 7.61. The molecule has 0 aliphatic heterocycles. The van der Waals surface area contributed by atoms with E-state index in [0.29, 0.717) is 22.6 Å². The number of aryl methyl sites for hydroxylation is 1. The van der Waals surface area contributed by atoms with Gasteiger partial charge in [0.2, 0.25) is 11.7 Å². The number of carbonyl (C=O) groups is 1. The van der Waals surface area contributed by atoms with Crippen LogP contribution >= 0.6 is 0 Å². The number of para-hydroxylation sites is 1. The molecule has 0 bridgehead atoms. The van der Waals surface area contributed by atoms with Gasteiger partial charge in [-0.05, 0) is 42.8 Å². The van der Waals surface area contributed by atoms with Gasteiger partial charge in [-0.3, -0.25) is 19.1 Å². The Labute approximate surface area is 188 Å². The first-order valence-corrected chi connectivity index (χ1v) is 10.3. The molecule has 0 fully saturated rings. The van der Waals surface area contributed by atoms with Gasteiger partial charge in [-0.1, -0.05) is 35.5 Å². The van der Waals surface area contributed by atoms with E-state index in [-0.39, 0.29) is 23.9 Å². The van der Waals surface area contributed by atoms with Gasteiger partial charge in [0.15, 0.2) is 0 Å². The van der Waals surface area contributed by atoms with Gasteiger partial charge in [-0.15, -0.1) is 0 Å². The van der Waals surface area contributed by atoms with Crippen LogP contribution in [0.4, 0.5) is 5.69 Å². The summed E-state index contributed by atoms with van der Waals surface area (Å²) in [6.07, 6.45) is 3.29. The molecule has 0 aliphatic carbocycles. The van der Waals surface area contributed by atoms with Crippen LogP contribution in [0.15, 0.2) is 88.4 Å². The van der Waals surface area contributed by atoms with E-state index in [4.69, 9.17) is 4.52 Å². The van der Waals surface area contributed by atoms with Crippen molar-refractivity contribution in [2.45, 2.75) is 13.5 Å². The molecule has 5 aromatic rings. The Hall–Kier alpha value is -4.59. The zero-order chi connectivity index (χ0) is 22.8. The number of amides is 1. The van der Waals surface area contributed by atoms with Gasteiger partial charge in [0.25, 0.3) is 11.4 Å². The fraction of sp³-hybridized carbons (Fsp3) is 0.0800. The Morgan fingerprint density at radius 1 is 1.03 bits per heavy atom. The van der Waals surface area contributed by atoms with E-state index in [0.717, 1.165) is 16.5 Å². The molecule has 0 radical (unpaired) electrons. The Bertz CT molecular complexity index is 1520. The molecule has 1 amide bonds. The molecule has 162 valence electrons. The van der Waals surface area contributed by atoms with Crippen molar-refractivity contribution in [1.82, 2.24) is 19.7 Å². The second-order valence-corrected chi connectivity index (χ2v) is 7.58. The maximum atomic E-state index is 13.0. The highest BCUT2D eigenvalue weighted by Gasteiger charge is 2.17. The third-order valence-electron chi connectivity index (χ3n) is 5.22. The Balaban J connectivity index is 1.51. The maximum absolute atomic E-state index is 13.0. The first-order chi connectivity index (χ1) is 16.1. The summed E-state index contributed by atoms with van der Waals surface area (Å²) in [4.78, 5) is 34.2. The number of pyridine rings is 2. The minimum Gasteiger partial charge on any atom is -0.334 e. The molecule has 0 saturated heterocycles. The number of rotatable bonds is 5. The second-order valence-electron chi connectivity index (χ2n) is 7.58. The van der Waals surface area contributed by atoms with Gasteiger partial charge in [-0.2, -0.15) is 4.98 Å². The Morgan fingerprint density at radius 2 is 1.85 bits per heavy atom. The predicted molar refractivity (Wildman–Crippen MR) is 125 cm³/mol. The molecule has 5 rings (SSSR count). The van der Waals surface area contributed by atoms with Crippen LogP contribution in [0.5, 0.6) is 0 Å². The van der Waals surface area contributed by atoms with E-state index in [1.165, 1.54) is 10.6 Å². The smallest absolute Gasteiger partial charge is 0.259 e. The molecule has 3 aromatic heterocycles. The largest absolute Gasteiger partial charge is 0.334 e. The number of hydrogen-bond donors (Lipinski definition) is 1. The van der Waals surface area contributed by atoms with Crippen LogP contribution in [-0.2, 0) is 11.3 Å². The van der Waals surface area contributed by atoms with Crippen LogP contribution in [-0.4, -0.2) is 25.6 Å². The summed E-state index contributed by atoms with van der Waals surface area (Å²) in [5.41, 5.74) is 3.24. The van der Waals surface area contributed by atoms with Crippen molar-refractivity contribution in [3.63, 3.8) is 0 Å². The van der Waals surface area contributed by atoms with Crippen molar-refractivity contribution >= 4 is 22.5 Å². The van der Waals surface area contributed by atoms with E-state index in [2.05, 4.69) is 20.4 Å². The van der Waals surface area contributed by atoms with Gasteiger partial charge in [0, 0.05) is 35.1 Å². The van der Waals surface area contributed by atoms with Crippen molar-refractivity contribution in [2.75, 3.05) is 5.32 Å². The normalized spacial score (nSPS) is 10.9. The zero-order valence-corrected chi connectivity index (χ0v) is 17.7. The third kappa shape index (κ3) is 4.14. The van der Waals surface area contributed by atoms with Crippen LogP contribution in [0.1, 0.15) is 5.56 Å². The number of benzene rings is 2. The van der Waals surface area contributed by atoms with Crippen LogP contribution in [0.25, 0.3) is 33.7 Å². The van der Waals surface area contributed by atoms with Gasteiger partial charge in [0.1, 0.15) is 6.54 Å². The van der Waals surface area contributed by atoms with E-state index in [9.17, 15) is 9.59 Å². The van der Waals surface area contributed by atoms with Crippen LogP contribution < -0.4 is 10.9 Å². The molecule has 0 saturated carbocycles. The van der Waals surface area contributed by atoms with Gasteiger partial charge >= 0.3 is 0 Å². The molecule has 8 heteroatoms. The van der Waals surface area contributed by atoms with E-state index in [1.807, 2.05) is 49.4 Å². The standard InChI is InChI=1S/C25H19N5O3/c1-16-5-4-6-18(13-16)27-22(31)15-30-21-8-3-2-7-19(21)20(14-23(30)32)25-28-24(29-33-25)17-9-11-26-12-10-17/h2-14H,15H2,1H3,(H,27,31). The van der Waals surface area contributed by atoms with Gasteiger partial charge in [0.05, 0.1) is 11.1 Å². The lowest BCUT2D eigenvalue weighted by atomic mass is 10.1. The minimum absolute atomic E-state index is 0.125. The fourth-order valence-corrected chi connectivity index (χ4v) is 3.69. The summed E-state index contributed by atoms with van der Waals surface area (Å²) >= 11 is 0. The van der Waals surface area contributed by atoms with E-state index < -0.39 is 0 Å². The highest BCUT2D eigenvalue weighted by atomic mass is 16.5. The first-order valence-electron chi connectivity index (χ1n) is 10.3. The average Bonchev–Trinajstić information content (AvgIpc) is 3.31. The van der Waals surface area contributed by atoms with E-state index >= 15 is 0 Å². The average molecular weight is 437 g/mol. The topological polar surface area (TPSA) is 103 Å². The zero-order valence-electron chi connectivity index (χ0n) is 17.7. The van der Waals surface area contributed by atoms with Crippen molar-refractivity contribution < 1.29 is 9.32 Å². The first kappa shape index (κ1) is 20.3. The predicted octanol–water partition coefficient (Wildman–Crippen LogP) is 4.06. The lowest BCUT2D eigenvalue weighted by Crippen LogP contribution is -2.27. The third-order valence-corrected chi connectivity index (χ3v) is 5.22. The minimum atomic E-state index is -0.341. The summed E-state index contributed by atoms with van der Waals surface area (Å²) in [6, 6.07) is 19.8. The van der Waals surface area contributed by atoms with Crippen molar-refractivity contribution in [3.8, 4) is 22.8 Å². The van der Waals surface area contributed by atoms with Crippen LogP contribution in [0, 0.1) is 6.92 Å². The number of aromatic nitrogens is 4. The van der Waals surface area contributed by atoms with Crippen LogP contribution in [0.2, 0.25) is 0 Å². The monoisotopic (exact) mass is 437 g/mol. The second kappa shape index (κ2) is 8.51. The fourth-order valence-electron chi connectivity index (χ4n) is 3.69. The summed E-state index contributed by atoms with van der Waals surface area (Å²) in [5.74, 6) is 0.336. The number of carbonyl (C=O) groups excluding carboxylic acids is 1. The number of hydrogen-bond acceptors (Lipinski definition) is 6. The number of fused-ring (bicyclic) bond motifs is 1. The molecule has 2 aromatic carbocycles. The van der Waals surface area contributed by atoms with Gasteiger partial charge < -0.3 is 9.84 Å². The van der Waals surface area contributed by atoms with Crippen molar-refractivity contribution in [2.24, 2.45) is 0 Å². The molecular weight excluding hydrogens is 418 g/mol. The highest BCUT2D eigenvalue weighted by molar-refractivity contribution is 5.95. The molecule has 0 aliphatic rings. The molecule has 0 atom stereocenters. The molecule has 0 spiro atoms. The number of nitrogens with one attached hydrogen (secondary N) is 1. The molecule has 33 heavy (non-hydrogen) atoms. The lowest BCUT2D eigenvalue weighted by molar-refractivity contribution is -0.116. The van der Waals surface area contributed by atoms with Crippen LogP contribution in [0.3, 0.4) is 0 Å². The highest BCUT2D eigenvalue weighted by Crippen LogP contribution is 2.28. The Morgan fingerprint density at radius 3 is 2.67 bits per heavy atom. The van der Waals surface area contributed by atoms with Gasteiger partial charge in [-0.25, -0.2) is 0 Å². The van der Waals surface area contributed by atoms with Crippen molar-refractivity contribution in [3.05, 3.63) is 95.0 Å². The molecule has 3 heterocycles. The number of nitrogens with zero attached hydrogens (tertiary/aromatic N) is 4. The summed E-state index contributed by atoms with van der Waals surface area (Å²) in [7, 11) is 0. The molecular formula is C25H19N5O3. The Kier molecular flexibility index (Phi) is 5.24. The molecule has 8 nitrogen and oxygen atoms in total. The van der Waals surface area contributed by atoms with E-state index in [1.54, 1.807) is 30.6 Å². The molecule has 1 N–H and O–H groups in total.